The zero-order valence-corrected chi connectivity index (χ0v) is 16.7. The van der Waals surface area contributed by atoms with Crippen LogP contribution >= 0.6 is 0 Å². The highest BCUT2D eigenvalue weighted by Gasteiger charge is 2.56. The first-order valence-corrected chi connectivity index (χ1v) is 9.48. The minimum Gasteiger partial charge on any atom is -0.391 e. The van der Waals surface area contributed by atoms with Gasteiger partial charge >= 0.3 is 0 Å². The van der Waals surface area contributed by atoms with Crippen molar-refractivity contribution < 1.29 is 24.1 Å². The third kappa shape index (κ3) is 5.59. The molecule has 2 aliphatic rings. The largest absolute Gasteiger partial charge is 0.391 e. The smallest absolute Gasteiger partial charge is 0.169 e. The molecule has 1 saturated carbocycles. The third-order valence-corrected chi connectivity index (χ3v) is 5.93. The Kier molecular flexibility index (Phi) is 8.69. The lowest BCUT2D eigenvalue weighted by Crippen LogP contribution is -2.57. The van der Waals surface area contributed by atoms with E-state index in [0.717, 1.165) is 45.4 Å². The van der Waals surface area contributed by atoms with Gasteiger partial charge in [-0.2, -0.15) is 0 Å². The lowest BCUT2D eigenvalue weighted by atomic mass is 9.86. The molecule has 154 valence electrons. The Morgan fingerprint density at radius 1 is 1.04 bits per heavy atom. The fourth-order valence-electron chi connectivity index (χ4n) is 3.93. The Hall–Kier alpha value is -0.320. The number of β-amino-alcohol motifs (C(OH)–C–C–N with tert-alkyl or cyclic N) is 1. The number of rotatable bonds is 12. The number of piperidine rings is 1. The molecule has 0 radical (unpaired) electrons. The van der Waals surface area contributed by atoms with Gasteiger partial charge in [-0.15, -0.1) is 0 Å². The molecular formula is C18H37N3O5. The maximum Gasteiger partial charge on any atom is 0.169 e. The fourth-order valence-corrected chi connectivity index (χ4v) is 3.93. The summed E-state index contributed by atoms with van der Waals surface area (Å²) in [4.78, 5) is 4.50. The second kappa shape index (κ2) is 10.3. The van der Waals surface area contributed by atoms with Crippen LogP contribution in [0.1, 0.15) is 19.3 Å². The monoisotopic (exact) mass is 375 g/mol. The number of hydrogen-bond acceptors (Lipinski definition) is 8. The Morgan fingerprint density at radius 3 is 2.00 bits per heavy atom. The molecule has 0 aromatic rings. The number of hydrogen-bond donors (Lipinski definition) is 2. The molecule has 2 atom stereocenters. The fraction of sp³-hybridized carbons (Fsp3) is 1.00. The summed E-state index contributed by atoms with van der Waals surface area (Å²) in [6, 6.07) is 0.0834. The van der Waals surface area contributed by atoms with E-state index in [1.807, 2.05) is 0 Å². The van der Waals surface area contributed by atoms with Gasteiger partial charge in [0.15, 0.2) is 12.6 Å². The van der Waals surface area contributed by atoms with Gasteiger partial charge in [0.05, 0.1) is 6.10 Å². The standard InChI is InChI=1S/C18H37N3O5/c1-23-16(24-2)12-21(13-17(25-3)26-4)9-5-8-20-10-14(19)18(6-7-18)15(22)11-20/h14-17,22H,5-13,19H2,1-4H3/t14?,15-/m1/s1. The molecule has 0 aromatic carbocycles. The molecule has 1 unspecified atom stereocenters. The molecule has 2 rings (SSSR count). The van der Waals surface area contributed by atoms with Crippen molar-refractivity contribution in [3.8, 4) is 0 Å². The average molecular weight is 376 g/mol. The number of aliphatic hydroxyl groups is 1. The first-order chi connectivity index (χ1) is 12.5. The number of likely N-dealkylation sites (tertiary alicyclic amines) is 1. The highest BCUT2D eigenvalue weighted by atomic mass is 16.7. The minimum absolute atomic E-state index is 0.0108. The summed E-state index contributed by atoms with van der Waals surface area (Å²) >= 11 is 0. The first kappa shape index (κ1) is 22.0. The average Bonchev–Trinajstić information content (AvgIpc) is 3.44. The van der Waals surface area contributed by atoms with E-state index in [9.17, 15) is 5.11 Å². The number of nitrogens with zero attached hydrogens (tertiary/aromatic N) is 2. The van der Waals surface area contributed by atoms with Gasteiger partial charge < -0.3 is 29.8 Å². The Morgan fingerprint density at radius 2 is 1.58 bits per heavy atom. The maximum atomic E-state index is 10.4. The van der Waals surface area contributed by atoms with Crippen LogP contribution in [0.25, 0.3) is 0 Å². The van der Waals surface area contributed by atoms with Crippen molar-refractivity contribution in [3.63, 3.8) is 0 Å². The van der Waals surface area contributed by atoms with E-state index < -0.39 is 0 Å². The van der Waals surface area contributed by atoms with Crippen LogP contribution in [0, 0.1) is 5.41 Å². The lowest BCUT2D eigenvalue weighted by Gasteiger charge is -2.41. The molecule has 0 aromatic heterocycles. The van der Waals surface area contributed by atoms with Crippen molar-refractivity contribution >= 4 is 0 Å². The van der Waals surface area contributed by atoms with Crippen LogP contribution in [-0.2, 0) is 18.9 Å². The van der Waals surface area contributed by atoms with Crippen LogP contribution < -0.4 is 5.73 Å². The summed E-state index contributed by atoms with van der Waals surface area (Å²) in [5.74, 6) is 0. The Labute approximate surface area is 157 Å². The molecule has 1 aliphatic heterocycles. The van der Waals surface area contributed by atoms with Crippen LogP contribution in [0.15, 0.2) is 0 Å². The molecule has 1 spiro atoms. The summed E-state index contributed by atoms with van der Waals surface area (Å²) in [7, 11) is 6.56. The second-order valence-electron chi connectivity index (χ2n) is 7.53. The summed E-state index contributed by atoms with van der Waals surface area (Å²) in [6.07, 6.45) is 2.24. The molecule has 8 heteroatoms. The second-order valence-corrected chi connectivity index (χ2v) is 7.53. The molecular weight excluding hydrogens is 338 g/mol. The molecule has 0 amide bonds. The van der Waals surface area contributed by atoms with E-state index in [1.165, 1.54) is 0 Å². The van der Waals surface area contributed by atoms with E-state index in [2.05, 4.69) is 9.80 Å². The SMILES string of the molecule is COC(CN(CCCN1CC(N)C2(CC2)[C@H](O)C1)CC(OC)OC)OC. The lowest BCUT2D eigenvalue weighted by molar-refractivity contribution is -0.144. The zero-order chi connectivity index (χ0) is 19.2. The maximum absolute atomic E-state index is 10.4. The Bertz CT molecular complexity index is 374. The normalized spacial score (nSPS) is 25.7. The van der Waals surface area contributed by atoms with Gasteiger partial charge in [0.25, 0.3) is 0 Å². The highest BCUT2D eigenvalue weighted by molar-refractivity contribution is 5.09. The number of methoxy groups -OCH3 is 4. The van der Waals surface area contributed by atoms with E-state index in [4.69, 9.17) is 24.7 Å². The molecule has 26 heavy (non-hydrogen) atoms. The van der Waals surface area contributed by atoms with E-state index >= 15 is 0 Å². The van der Waals surface area contributed by atoms with Crippen LogP contribution in [0.4, 0.5) is 0 Å². The molecule has 3 N–H and O–H groups in total. The summed E-state index contributed by atoms with van der Waals surface area (Å²) in [6.45, 7) is 4.65. The number of nitrogens with two attached hydrogens (primary N) is 1. The van der Waals surface area contributed by atoms with Gasteiger partial charge in [0.2, 0.25) is 0 Å². The van der Waals surface area contributed by atoms with E-state index in [-0.39, 0.29) is 30.1 Å². The van der Waals surface area contributed by atoms with Crippen molar-refractivity contribution in [1.82, 2.24) is 9.80 Å². The van der Waals surface area contributed by atoms with Crippen molar-refractivity contribution in [2.75, 3.05) is 67.7 Å². The van der Waals surface area contributed by atoms with Crippen molar-refractivity contribution in [1.29, 1.82) is 0 Å². The molecule has 1 aliphatic carbocycles. The van der Waals surface area contributed by atoms with Crippen LogP contribution in [-0.4, -0.2) is 107 Å². The van der Waals surface area contributed by atoms with E-state index in [0.29, 0.717) is 13.1 Å². The van der Waals surface area contributed by atoms with Gasteiger partial charge in [-0.3, -0.25) is 9.80 Å². The van der Waals surface area contributed by atoms with E-state index in [1.54, 1.807) is 28.4 Å². The predicted molar refractivity (Wildman–Crippen MR) is 98.8 cm³/mol. The molecule has 2 fully saturated rings. The van der Waals surface area contributed by atoms with Crippen LogP contribution in [0.2, 0.25) is 0 Å². The first-order valence-electron chi connectivity index (χ1n) is 9.48. The topological polar surface area (TPSA) is 89.7 Å². The summed E-state index contributed by atoms with van der Waals surface area (Å²) < 4.78 is 21.3. The molecule has 0 bridgehead atoms. The number of aliphatic hydroxyl groups excluding tert-OH is 1. The molecule has 1 heterocycles. The molecule has 1 saturated heterocycles. The van der Waals surface area contributed by atoms with Gasteiger partial charge in [0.1, 0.15) is 0 Å². The minimum atomic E-state index is -0.292. The van der Waals surface area contributed by atoms with Crippen LogP contribution in [0.5, 0.6) is 0 Å². The van der Waals surface area contributed by atoms with Gasteiger partial charge in [-0.25, -0.2) is 0 Å². The predicted octanol–water partition coefficient (Wildman–Crippen LogP) is -0.300. The van der Waals surface area contributed by atoms with Crippen molar-refractivity contribution in [3.05, 3.63) is 0 Å². The highest BCUT2D eigenvalue weighted by Crippen LogP contribution is 2.53. The van der Waals surface area contributed by atoms with Crippen molar-refractivity contribution in [2.24, 2.45) is 11.1 Å². The summed E-state index contributed by atoms with van der Waals surface area (Å²) in [5, 5.41) is 10.4. The van der Waals surface area contributed by atoms with Crippen molar-refractivity contribution in [2.45, 2.75) is 44.0 Å². The van der Waals surface area contributed by atoms with Gasteiger partial charge in [-0.1, -0.05) is 0 Å². The van der Waals surface area contributed by atoms with Crippen LogP contribution in [0.3, 0.4) is 0 Å². The zero-order valence-electron chi connectivity index (χ0n) is 16.7. The summed E-state index contributed by atoms with van der Waals surface area (Å²) in [5.41, 5.74) is 6.32. The van der Waals surface area contributed by atoms with Gasteiger partial charge in [0, 0.05) is 66.1 Å². The third-order valence-electron chi connectivity index (χ3n) is 5.93. The Balaban J connectivity index is 1.79. The molecule has 8 nitrogen and oxygen atoms in total. The van der Waals surface area contributed by atoms with Gasteiger partial charge in [-0.05, 0) is 32.4 Å². The number of ether oxygens (including phenoxy) is 4. The quantitative estimate of drug-likeness (QED) is 0.450.